The maximum absolute atomic E-state index is 5.41. The Labute approximate surface area is 93.1 Å². The van der Waals surface area contributed by atoms with E-state index in [9.17, 15) is 0 Å². The molecule has 15 heavy (non-hydrogen) atoms. The fourth-order valence-electron chi connectivity index (χ4n) is 1.83. The first-order valence-corrected chi connectivity index (χ1v) is 7.12. The van der Waals surface area contributed by atoms with Gasteiger partial charge in [0.25, 0.3) is 0 Å². The third kappa shape index (κ3) is 3.01. The van der Waals surface area contributed by atoms with Crippen molar-refractivity contribution >= 4 is 8.80 Å². The Morgan fingerprint density at radius 1 is 1.27 bits per heavy atom. The summed E-state index contributed by atoms with van der Waals surface area (Å²) < 4.78 is 16.2. The fourth-order valence-corrected chi connectivity index (χ4v) is 3.82. The van der Waals surface area contributed by atoms with Crippen LogP contribution >= 0.6 is 0 Å². The summed E-state index contributed by atoms with van der Waals surface area (Å²) >= 11 is 0. The van der Waals surface area contributed by atoms with E-state index in [0.29, 0.717) is 5.92 Å². The molecule has 1 aliphatic rings. The van der Waals surface area contributed by atoms with Crippen LogP contribution in [0.2, 0.25) is 6.04 Å². The molecule has 1 atom stereocenters. The van der Waals surface area contributed by atoms with Crippen LogP contribution in [0.3, 0.4) is 0 Å². The zero-order valence-corrected chi connectivity index (χ0v) is 10.9. The number of hydrogen-bond donors (Lipinski definition) is 0. The van der Waals surface area contributed by atoms with Gasteiger partial charge in [-0.1, -0.05) is 25.2 Å². The highest BCUT2D eigenvalue weighted by molar-refractivity contribution is 6.60. The van der Waals surface area contributed by atoms with E-state index in [1.165, 1.54) is 5.57 Å². The van der Waals surface area contributed by atoms with Gasteiger partial charge in [-0.3, -0.25) is 0 Å². The van der Waals surface area contributed by atoms with Crippen LogP contribution in [0.25, 0.3) is 0 Å². The topological polar surface area (TPSA) is 27.7 Å². The summed E-state index contributed by atoms with van der Waals surface area (Å²) in [5, 5.41) is 0. The molecule has 0 amide bonds. The van der Waals surface area contributed by atoms with E-state index < -0.39 is 8.80 Å². The monoisotopic (exact) mass is 228 g/mol. The maximum atomic E-state index is 5.41. The highest BCUT2D eigenvalue weighted by Gasteiger charge is 2.39. The van der Waals surface area contributed by atoms with Crippen molar-refractivity contribution in [2.45, 2.75) is 19.4 Å². The van der Waals surface area contributed by atoms with Crippen molar-refractivity contribution in [1.82, 2.24) is 0 Å². The van der Waals surface area contributed by atoms with Crippen LogP contribution < -0.4 is 0 Å². The first kappa shape index (κ1) is 12.6. The molecule has 3 nitrogen and oxygen atoms in total. The Balaban J connectivity index is 2.61. The van der Waals surface area contributed by atoms with E-state index in [2.05, 4.69) is 25.2 Å². The van der Waals surface area contributed by atoms with Crippen molar-refractivity contribution < 1.29 is 13.3 Å². The van der Waals surface area contributed by atoms with E-state index in [4.69, 9.17) is 13.3 Å². The summed E-state index contributed by atoms with van der Waals surface area (Å²) in [4.78, 5) is 0. The Hall–Kier alpha value is -0.423. The predicted molar refractivity (Wildman–Crippen MR) is 62.6 cm³/mol. The summed E-state index contributed by atoms with van der Waals surface area (Å²) in [6, 6.07) is 0.826. The van der Waals surface area contributed by atoms with Crippen LogP contribution in [0, 0.1) is 5.92 Å². The highest BCUT2D eigenvalue weighted by Crippen LogP contribution is 2.27. The minimum absolute atomic E-state index is 0.426. The van der Waals surface area contributed by atoms with Gasteiger partial charge in [-0.05, 0) is 17.9 Å². The van der Waals surface area contributed by atoms with Gasteiger partial charge in [0, 0.05) is 27.4 Å². The van der Waals surface area contributed by atoms with Crippen molar-refractivity contribution in [2.75, 3.05) is 21.3 Å². The maximum Gasteiger partial charge on any atom is 0.500 e. The van der Waals surface area contributed by atoms with Gasteiger partial charge in [0.2, 0.25) is 0 Å². The zero-order valence-electron chi connectivity index (χ0n) is 9.95. The fraction of sp³-hybridized carbons (Fsp3) is 0.636. The molecule has 1 unspecified atom stereocenters. The number of rotatable bonds is 6. The molecule has 0 saturated heterocycles. The van der Waals surface area contributed by atoms with Gasteiger partial charge in [-0.25, -0.2) is 0 Å². The molecule has 0 saturated carbocycles. The lowest BCUT2D eigenvalue weighted by Gasteiger charge is -2.27. The highest BCUT2D eigenvalue weighted by atomic mass is 28.4. The lowest BCUT2D eigenvalue weighted by atomic mass is 10.1. The van der Waals surface area contributed by atoms with E-state index in [1.54, 1.807) is 21.3 Å². The van der Waals surface area contributed by atoms with E-state index >= 15 is 0 Å². The first-order chi connectivity index (χ1) is 7.17. The van der Waals surface area contributed by atoms with Crippen LogP contribution in [0.4, 0.5) is 0 Å². The van der Waals surface area contributed by atoms with Crippen LogP contribution in [-0.2, 0) is 13.3 Å². The quantitative estimate of drug-likeness (QED) is 0.653. The second-order valence-electron chi connectivity index (χ2n) is 3.74. The van der Waals surface area contributed by atoms with E-state index in [0.717, 1.165) is 12.5 Å². The molecule has 86 valence electrons. The Kier molecular flexibility index (Phi) is 4.72. The van der Waals surface area contributed by atoms with E-state index in [1.807, 2.05) is 0 Å². The summed E-state index contributed by atoms with van der Waals surface area (Å²) in [7, 11) is 2.55. The van der Waals surface area contributed by atoms with Gasteiger partial charge in [-0.15, -0.1) is 0 Å². The molecule has 0 bridgehead atoms. The van der Waals surface area contributed by atoms with Gasteiger partial charge in [0.1, 0.15) is 0 Å². The first-order valence-electron chi connectivity index (χ1n) is 5.19. The second-order valence-corrected chi connectivity index (χ2v) is 6.74. The molecule has 0 radical (unpaired) electrons. The molecular weight excluding hydrogens is 208 g/mol. The lowest BCUT2D eigenvalue weighted by molar-refractivity contribution is 0.120. The SMILES string of the molecule is CO[Si](CC(C)C1=CCC=C1)(OC)OC. The van der Waals surface area contributed by atoms with E-state index in [-0.39, 0.29) is 0 Å². The standard InChI is InChI=1S/C11H20O3Si/c1-10(11-7-5-6-8-11)9-15(12-2,13-3)14-4/h5,7-8,10H,6,9H2,1-4H3. The van der Waals surface area contributed by atoms with Gasteiger partial charge in [0.05, 0.1) is 0 Å². The third-order valence-corrected chi connectivity index (χ3v) is 5.84. The van der Waals surface area contributed by atoms with Crippen molar-refractivity contribution in [2.24, 2.45) is 5.92 Å². The van der Waals surface area contributed by atoms with Gasteiger partial charge in [0.15, 0.2) is 0 Å². The Morgan fingerprint density at radius 3 is 2.27 bits per heavy atom. The molecule has 0 aromatic rings. The van der Waals surface area contributed by atoms with Crippen molar-refractivity contribution in [3.63, 3.8) is 0 Å². The molecule has 0 aliphatic heterocycles. The minimum atomic E-state index is -2.42. The number of hydrogen-bond acceptors (Lipinski definition) is 3. The molecule has 0 aromatic carbocycles. The smallest absolute Gasteiger partial charge is 0.377 e. The molecule has 0 aromatic heterocycles. The van der Waals surface area contributed by atoms with Crippen LogP contribution in [0.5, 0.6) is 0 Å². The molecule has 1 rings (SSSR count). The molecule has 1 aliphatic carbocycles. The van der Waals surface area contributed by atoms with Crippen molar-refractivity contribution in [3.8, 4) is 0 Å². The lowest BCUT2D eigenvalue weighted by Crippen LogP contribution is -2.44. The average Bonchev–Trinajstić information content (AvgIpc) is 2.79. The normalized spacial score (nSPS) is 18.0. The van der Waals surface area contributed by atoms with Gasteiger partial charge >= 0.3 is 8.80 Å². The molecule has 0 heterocycles. The Bertz CT molecular complexity index is 248. The molecule has 0 spiro atoms. The zero-order chi connectivity index (χ0) is 11.3. The molecular formula is C11H20O3Si. The van der Waals surface area contributed by atoms with Crippen LogP contribution in [0.1, 0.15) is 13.3 Å². The average molecular weight is 228 g/mol. The summed E-state index contributed by atoms with van der Waals surface area (Å²) in [5.41, 5.74) is 1.36. The summed E-state index contributed by atoms with van der Waals surface area (Å²) in [6.45, 7) is 2.18. The van der Waals surface area contributed by atoms with Crippen LogP contribution in [-0.4, -0.2) is 30.1 Å². The van der Waals surface area contributed by atoms with Gasteiger partial charge < -0.3 is 13.3 Å². The van der Waals surface area contributed by atoms with Crippen molar-refractivity contribution in [3.05, 3.63) is 23.8 Å². The van der Waals surface area contributed by atoms with Crippen LogP contribution in [0.15, 0.2) is 23.8 Å². The summed E-state index contributed by atoms with van der Waals surface area (Å²) in [5.74, 6) is 0.426. The second kappa shape index (κ2) is 5.60. The Morgan fingerprint density at radius 2 is 1.87 bits per heavy atom. The third-order valence-electron chi connectivity index (χ3n) is 2.86. The minimum Gasteiger partial charge on any atom is -0.377 e. The largest absolute Gasteiger partial charge is 0.500 e. The number of allylic oxidation sites excluding steroid dienone is 4. The predicted octanol–water partition coefficient (Wildman–Crippen LogP) is 2.39. The molecule has 0 N–H and O–H groups in total. The van der Waals surface area contributed by atoms with Crippen molar-refractivity contribution in [1.29, 1.82) is 0 Å². The molecule has 0 fully saturated rings. The van der Waals surface area contributed by atoms with Gasteiger partial charge in [-0.2, -0.15) is 0 Å². The molecule has 4 heteroatoms. The summed E-state index contributed by atoms with van der Waals surface area (Å²) in [6.07, 6.45) is 7.62.